The van der Waals surface area contributed by atoms with E-state index >= 15 is 0 Å². The van der Waals surface area contributed by atoms with Gasteiger partial charge in [-0.2, -0.15) is 0 Å². The second-order valence-electron chi connectivity index (χ2n) is 9.78. The third-order valence-electron chi connectivity index (χ3n) is 7.26. The number of benzene rings is 3. The number of fused-ring (bicyclic) bond motifs is 2. The highest BCUT2D eigenvalue weighted by Gasteiger charge is 2.25. The highest BCUT2D eigenvalue weighted by Crippen LogP contribution is 2.40. The van der Waals surface area contributed by atoms with Crippen molar-refractivity contribution < 1.29 is 35.9 Å². The van der Waals surface area contributed by atoms with Crippen LogP contribution in [0.5, 0.6) is 0 Å². The molecule has 8 heteroatoms. The summed E-state index contributed by atoms with van der Waals surface area (Å²) in [6.07, 6.45) is 0. The van der Waals surface area contributed by atoms with Crippen molar-refractivity contribution in [2.45, 2.75) is 34.6 Å². The van der Waals surface area contributed by atoms with Gasteiger partial charge in [0.25, 0.3) is 0 Å². The third kappa shape index (κ3) is 6.85. The van der Waals surface area contributed by atoms with Gasteiger partial charge in [-0.15, -0.1) is 0 Å². The summed E-state index contributed by atoms with van der Waals surface area (Å²) in [4.78, 5) is 29.5. The van der Waals surface area contributed by atoms with Crippen LogP contribution in [-0.4, -0.2) is 51.3 Å². The van der Waals surface area contributed by atoms with E-state index in [1.54, 1.807) is 13.0 Å². The van der Waals surface area contributed by atoms with E-state index in [-0.39, 0.29) is 25.6 Å². The molecular weight excluding hydrogens is 552 g/mol. The number of hydrogen-bond acceptors (Lipinski definition) is 6. The second kappa shape index (κ2) is 14.7. The first-order valence-electron chi connectivity index (χ1n) is 14.2. The molecular formula is C34H39ClN2O5. The van der Waals surface area contributed by atoms with Crippen molar-refractivity contribution in [3.8, 4) is 11.1 Å². The van der Waals surface area contributed by atoms with Crippen LogP contribution in [0, 0.1) is 0 Å². The number of anilines is 2. The minimum atomic E-state index is -0.513. The molecule has 42 heavy (non-hydrogen) atoms. The van der Waals surface area contributed by atoms with Gasteiger partial charge in [0.1, 0.15) is 13.2 Å². The predicted octanol–water partition coefficient (Wildman–Crippen LogP) is 4.51. The lowest BCUT2D eigenvalue weighted by molar-refractivity contribution is -0.140. The monoisotopic (exact) mass is 590 g/mol. The van der Waals surface area contributed by atoms with Crippen LogP contribution in [0.3, 0.4) is 0 Å². The van der Waals surface area contributed by atoms with E-state index < -0.39 is 11.9 Å². The van der Waals surface area contributed by atoms with E-state index in [1.165, 1.54) is 0 Å². The molecule has 7 nitrogen and oxygen atoms in total. The Bertz CT molecular complexity index is 1510. The van der Waals surface area contributed by atoms with Crippen molar-refractivity contribution in [1.29, 1.82) is 0 Å². The molecule has 222 valence electrons. The zero-order chi connectivity index (χ0) is 29.5. The molecule has 0 bridgehead atoms. The molecule has 0 radical (unpaired) electrons. The van der Waals surface area contributed by atoms with Gasteiger partial charge in [-0.3, -0.25) is 0 Å². The second-order valence-corrected chi connectivity index (χ2v) is 9.78. The highest BCUT2D eigenvalue weighted by atomic mass is 35.5. The molecule has 0 saturated heterocycles. The fourth-order valence-corrected chi connectivity index (χ4v) is 5.08. The zero-order valence-corrected chi connectivity index (χ0v) is 25.8. The number of rotatable bonds is 12. The van der Waals surface area contributed by atoms with E-state index in [2.05, 4.69) is 80.5 Å². The Morgan fingerprint density at radius 1 is 0.762 bits per heavy atom. The summed E-state index contributed by atoms with van der Waals surface area (Å²) in [5.74, 6) is -1.01. The number of halogens is 1. The van der Waals surface area contributed by atoms with Gasteiger partial charge >= 0.3 is 23.1 Å². The first-order valence-corrected chi connectivity index (χ1v) is 14.2. The van der Waals surface area contributed by atoms with Gasteiger partial charge in [0, 0.05) is 48.7 Å². The number of nitrogens with zero attached hydrogens (tertiary/aromatic N) is 2. The number of ether oxygens (including phenoxy) is 2. The van der Waals surface area contributed by atoms with Crippen molar-refractivity contribution in [2.24, 2.45) is 0 Å². The number of carbonyl (C=O) groups is 2. The van der Waals surface area contributed by atoms with Gasteiger partial charge in [0.2, 0.25) is 0 Å². The maximum Gasteiger partial charge on any atom is 0.363 e. The summed E-state index contributed by atoms with van der Waals surface area (Å²) in [5.41, 5.74) is 6.00. The van der Waals surface area contributed by atoms with Crippen LogP contribution in [0.25, 0.3) is 33.1 Å². The van der Waals surface area contributed by atoms with Gasteiger partial charge in [-0.25, -0.2) is 14.0 Å². The van der Waals surface area contributed by atoms with E-state index in [9.17, 15) is 9.59 Å². The fraction of sp³-hybridized carbons (Fsp3) is 0.324. The van der Waals surface area contributed by atoms with Gasteiger partial charge in [-0.1, -0.05) is 24.8 Å². The quantitative estimate of drug-likeness (QED) is 0.0791. The average molecular weight is 591 g/mol. The van der Waals surface area contributed by atoms with E-state index in [0.29, 0.717) is 11.1 Å². The fourth-order valence-electron chi connectivity index (χ4n) is 5.08. The Morgan fingerprint density at radius 3 is 1.76 bits per heavy atom. The van der Waals surface area contributed by atoms with Crippen LogP contribution < -0.4 is 22.2 Å². The summed E-state index contributed by atoms with van der Waals surface area (Å²) in [6.45, 7) is 17.1. The lowest BCUT2D eigenvalue weighted by Crippen LogP contribution is -3.00. The zero-order valence-electron chi connectivity index (χ0n) is 25.0. The largest absolute Gasteiger partial charge is 1.00 e. The third-order valence-corrected chi connectivity index (χ3v) is 7.26. The van der Waals surface area contributed by atoms with Crippen molar-refractivity contribution in [1.82, 2.24) is 0 Å². The molecule has 0 aliphatic carbocycles. The van der Waals surface area contributed by atoms with Crippen LogP contribution >= 0.6 is 0 Å². The Morgan fingerprint density at radius 2 is 1.26 bits per heavy atom. The summed E-state index contributed by atoms with van der Waals surface area (Å²) < 4.78 is 17.2. The minimum absolute atomic E-state index is 0. The normalized spacial score (nSPS) is 10.7. The van der Waals surface area contributed by atoms with Crippen molar-refractivity contribution in [2.75, 3.05) is 49.2 Å². The number of hydrogen-bond donors (Lipinski definition) is 0. The maximum atomic E-state index is 13.3. The van der Waals surface area contributed by atoms with Gasteiger partial charge in [0.15, 0.2) is 0 Å². The predicted molar refractivity (Wildman–Crippen MR) is 167 cm³/mol. The summed E-state index contributed by atoms with van der Waals surface area (Å²) >= 11 is 0. The van der Waals surface area contributed by atoms with E-state index in [1.807, 2.05) is 18.2 Å². The summed E-state index contributed by atoms with van der Waals surface area (Å²) in [7, 11) is 0. The molecule has 3 aromatic carbocycles. The van der Waals surface area contributed by atoms with E-state index in [4.69, 9.17) is 13.9 Å². The van der Waals surface area contributed by atoms with Crippen molar-refractivity contribution in [3.05, 3.63) is 78.4 Å². The average Bonchev–Trinajstić information content (AvgIpc) is 2.99. The molecule has 1 aromatic heterocycles. The Kier molecular flexibility index (Phi) is 11.3. The standard InChI is InChI=1S/C34H39N2O5.ClH/c1-7-35(8-2)24-15-17-28-30(21-24)41-31-22-25(36(9-3)10-4)16-18-29(31)32(28)26-13-11-12-14-27(26)34(38)40-20-19-39-33(37)23(5)6;/h11-18,21-22H,5,7-10,19-20H2,1-4,6H3;1H/q+1;/p-1. The maximum absolute atomic E-state index is 13.3. The molecule has 0 aliphatic heterocycles. The highest BCUT2D eigenvalue weighted by molar-refractivity contribution is 6.12. The minimum Gasteiger partial charge on any atom is -1.00 e. The Labute approximate surface area is 254 Å². The molecule has 1 heterocycles. The molecule has 0 spiro atoms. The summed E-state index contributed by atoms with van der Waals surface area (Å²) in [6, 6.07) is 19.9. The molecule has 4 rings (SSSR count). The van der Waals surface area contributed by atoms with Crippen LogP contribution in [0.2, 0.25) is 0 Å². The van der Waals surface area contributed by atoms with Gasteiger partial charge < -0.3 is 31.7 Å². The first kappa shape index (κ1) is 32.4. The SMILES string of the molecule is C=C(C)C(=O)OCCOC(=O)c1ccccc1-c1c2ccc(N(CC)CC)cc2[o+]c2cc(N(CC)CC)ccc12.[Cl-]. The van der Waals surface area contributed by atoms with E-state index in [0.717, 1.165) is 70.6 Å². The lowest BCUT2D eigenvalue weighted by Gasteiger charge is -2.21. The summed E-state index contributed by atoms with van der Waals surface area (Å²) in [5, 5.41) is 1.80. The Hall–Kier alpha value is -4.10. The molecule has 0 atom stereocenters. The molecule has 0 unspecified atom stereocenters. The van der Waals surface area contributed by atoms with Crippen LogP contribution in [0.4, 0.5) is 11.4 Å². The number of esters is 2. The molecule has 0 fully saturated rings. The van der Waals surface area contributed by atoms with Crippen LogP contribution in [0.1, 0.15) is 45.0 Å². The van der Waals surface area contributed by atoms with Gasteiger partial charge in [0.05, 0.1) is 28.5 Å². The topological polar surface area (TPSA) is 70.4 Å². The molecule has 0 saturated carbocycles. The van der Waals surface area contributed by atoms with Crippen LogP contribution in [0.15, 0.2) is 77.2 Å². The molecule has 0 amide bonds. The molecule has 4 aromatic rings. The first-order chi connectivity index (χ1) is 19.8. The van der Waals surface area contributed by atoms with Crippen molar-refractivity contribution >= 4 is 45.3 Å². The van der Waals surface area contributed by atoms with Crippen LogP contribution in [-0.2, 0) is 14.3 Å². The molecule has 0 N–H and O–H groups in total. The lowest BCUT2D eigenvalue weighted by atomic mass is 9.93. The molecule has 0 aliphatic rings. The van der Waals surface area contributed by atoms with Gasteiger partial charge in [-0.05, 0) is 70.5 Å². The number of carbonyl (C=O) groups excluding carboxylic acids is 2. The smallest absolute Gasteiger partial charge is 0.363 e. The van der Waals surface area contributed by atoms with Crippen molar-refractivity contribution in [3.63, 3.8) is 0 Å². The Balaban J connectivity index is 0.00000484.